The Labute approximate surface area is 118 Å². The highest BCUT2D eigenvalue weighted by Crippen LogP contribution is 2.28. The molecule has 0 saturated heterocycles. The van der Waals surface area contributed by atoms with Crippen LogP contribution in [0.15, 0.2) is 23.1 Å². The van der Waals surface area contributed by atoms with E-state index in [1.165, 1.54) is 19.2 Å². The van der Waals surface area contributed by atoms with E-state index in [0.29, 0.717) is 6.54 Å². The van der Waals surface area contributed by atoms with E-state index in [1.807, 2.05) is 13.8 Å². The number of nitro benzene ring substituents is 1. The maximum absolute atomic E-state index is 12.4. The normalized spacial score (nSPS) is 13.4. The van der Waals surface area contributed by atoms with Gasteiger partial charge in [-0.2, -0.15) is 0 Å². The van der Waals surface area contributed by atoms with Crippen LogP contribution >= 0.6 is 0 Å². The molecule has 112 valence electrons. The molecule has 0 amide bonds. The van der Waals surface area contributed by atoms with Crippen LogP contribution in [0.1, 0.15) is 20.3 Å². The summed E-state index contributed by atoms with van der Waals surface area (Å²) in [5.74, 6) is 0.169. The minimum Gasteiger partial charge on any atom is -0.399 e. The lowest BCUT2D eigenvalue weighted by Crippen LogP contribution is -2.31. The van der Waals surface area contributed by atoms with Crippen LogP contribution < -0.4 is 5.73 Å². The Bertz CT molecular complexity index is 601. The molecule has 1 rings (SSSR count). The van der Waals surface area contributed by atoms with Crippen molar-refractivity contribution in [2.24, 2.45) is 5.92 Å². The fourth-order valence-electron chi connectivity index (χ4n) is 1.73. The minimum absolute atomic E-state index is 0.153. The van der Waals surface area contributed by atoms with Crippen LogP contribution in [0.3, 0.4) is 0 Å². The average Bonchev–Trinajstić information content (AvgIpc) is 2.37. The monoisotopic (exact) mass is 301 g/mol. The summed E-state index contributed by atoms with van der Waals surface area (Å²) in [5.41, 5.74) is 5.13. The maximum atomic E-state index is 12.4. The third kappa shape index (κ3) is 3.45. The summed E-state index contributed by atoms with van der Waals surface area (Å²) < 4.78 is 25.9. The van der Waals surface area contributed by atoms with Crippen LogP contribution in [-0.2, 0) is 10.0 Å². The molecule has 2 N–H and O–H groups in total. The molecule has 0 aliphatic carbocycles. The summed E-state index contributed by atoms with van der Waals surface area (Å²) in [5, 5.41) is 11.0. The van der Waals surface area contributed by atoms with E-state index in [4.69, 9.17) is 5.73 Å². The molecule has 7 nitrogen and oxygen atoms in total. The smallest absolute Gasteiger partial charge is 0.291 e. The van der Waals surface area contributed by atoms with Gasteiger partial charge in [-0.15, -0.1) is 0 Å². The van der Waals surface area contributed by atoms with E-state index < -0.39 is 20.6 Å². The molecule has 0 heterocycles. The van der Waals surface area contributed by atoms with Gasteiger partial charge in [0.2, 0.25) is 10.0 Å². The van der Waals surface area contributed by atoms with Crippen LogP contribution in [0, 0.1) is 16.0 Å². The Hall–Kier alpha value is -1.67. The van der Waals surface area contributed by atoms with Crippen molar-refractivity contribution in [3.63, 3.8) is 0 Å². The van der Waals surface area contributed by atoms with Crippen molar-refractivity contribution in [1.29, 1.82) is 0 Å². The zero-order chi connectivity index (χ0) is 15.5. The highest BCUT2D eigenvalue weighted by atomic mass is 32.2. The lowest BCUT2D eigenvalue weighted by atomic mass is 10.1. The third-order valence-electron chi connectivity index (χ3n) is 3.13. The van der Waals surface area contributed by atoms with Crippen LogP contribution in [0.25, 0.3) is 0 Å². The van der Waals surface area contributed by atoms with Crippen LogP contribution in [0.2, 0.25) is 0 Å². The number of hydrogen-bond donors (Lipinski definition) is 1. The van der Waals surface area contributed by atoms with Gasteiger partial charge >= 0.3 is 0 Å². The molecule has 1 aromatic rings. The number of nitrogens with two attached hydrogens (primary N) is 1. The van der Waals surface area contributed by atoms with E-state index in [1.54, 1.807) is 0 Å². The van der Waals surface area contributed by atoms with Crippen molar-refractivity contribution in [3.8, 4) is 0 Å². The van der Waals surface area contributed by atoms with Gasteiger partial charge in [-0.25, -0.2) is 12.7 Å². The molecular weight excluding hydrogens is 282 g/mol. The van der Waals surface area contributed by atoms with E-state index in [-0.39, 0.29) is 16.5 Å². The topological polar surface area (TPSA) is 107 Å². The van der Waals surface area contributed by atoms with Crippen LogP contribution in [-0.4, -0.2) is 31.2 Å². The largest absolute Gasteiger partial charge is 0.399 e. The molecule has 0 saturated carbocycles. The highest BCUT2D eigenvalue weighted by Gasteiger charge is 2.30. The van der Waals surface area contributed by atoms with E-state index >= 15 is 0 Å². The number of rotatable bonds is 6. The number of benzene rings is 1. The Balaban J connectivity index is 3.25. The molecule has 0 radical (unpaired) electrons. The first-order valence-corrected chi connectivity index (χ1v) is 7.64. The summed E-state index contributed by atoms with van der Waals surface area (Å²) >= 11 is 0. The summed E-state index contributed by atoms with van der Waals surface area (Å²) in [6, 6.07) is 3.58. The van der Waals surface area contributed by atoms with Crippen molar-refractivity contribution in [2.45, 2.75) is 25.2 Å². The molecule has 8 heteroatoms. The van der Waals surface area contributed by atoms with Gasteiger partial charge in [-0.05, 0) is 18.1 Å². The first-order chi connectivity index (χ1) is 9.20. The van der Waals surface area contributed by atoms with Gasteiger partial charge in [-0.3, -0.25) is 10.1 Å². The Morgan fingerprint density at radius 2 is 2.05 bits per heavy atom. The van der Waals surface area contributed by atoms with E-state index in [0.717, 1.165) is 16.8 Å². The molecule has 0 aliphatic heterocycles. The van der Waals surface area contributed by atoms with Crippen LogP contribution in [0.4, 0.5) is 11.4 Å². The predicted molar refractivity (Wildman–Crippen MR) is 76.8 cm³/mol. The zero-order valence-electron chi connectivity index (χ0n) is 11.7. The molecule has 20 heavy (non-hydrogen) atoms. The quantitative estimate of drug-likeness (QED) is 0.490. The van der Waals surface area contributed by atoms with Gasteiger partial charge in [0.05, 0.1) is 4.92 Å². The number of hydrogen-bond acceptors (Lipinski definition) is 5. The van der Waals surface area contributed by atoms with Gasteiger partial charge in [-0.1, -0.05) is 20.3 Å². The van der Waals surface area contributed by atoms with E-state index in [2.05, 4.69) is 0 Å². The lowest BCUT2D eigenvalue weighted by Gasteiger charge is -2.20. The first-order valence-electron chi connectivity index (χ1n) is 6.20. The third-order valence-corrected chi connectivity index (χ3v) is 5.00. The second-order valence-electron chi connectivity index (χ2n) is 4.78. The Morgan fingerprint density at radius 1 is 1.45 bits per heavy atom. The number of sulfonamides is 1. The fourth-order valence-corrected chi connectivity index (χ4v) is 3.15. The summed E-state index contributed by atoms with van der Waals surface area (Å²) in [7, 11) is -2.48. The number of nitrogen functional groups attached to an aromatic ring is 1. The van der Waals surface area contributed by atoms with Gasteiger partial charge in [0.1, 0.15) is 0 Å². The summed E-state index contributed by atoms with van der Waals surface area (Å²) in [6.45, 7) is 4.18. The van der Waals surface area contributed by atoms with Crippen molar-refractivity contribution in [1.82, 2.24) is 4.31 Å². The minimum atomic E-state index is -3.90. The van der Waals surface area contributed by atoms with Gasteiger partial charge in [0.25, 0.3) is 5.69 Å². The Kier molecular flexibility index (Phi) is 5.07. The molecule has 1 unspecified atom stereocenters. The van der Waals surface area contributed by atoms with Crippen molar-refractivity contribution < 1.29 is 13.3 Å². The highest BCUT2D eigenvalue weighted by molar-refractivity contribution is 7.89. The zero-order valence-corrected chi connectivity index (χ0v) is 12.6. The standard InChI is InChI=1S/C12H19N3O4S/c1-4-9(2)8-14(3)20(18,19)12-6-5-10(13)7-11(12)15(16)17/h5-7,9H,4,8,13H2,1-3H3. The van der Waals surface area contributed by atoms with Crippen molar-refractivity contribution >= 4 is 21.4 Å². The lowest BCUT2D eigenvalue weighted by molar-refractivity contribution is -0.387. The fraction of sp³-hybridized carbons (Fsp3) is 0.500. The second kappa shape index (κ2) is 6.19. The maximum Gasteiger partial charge on any atom is 0.291 e. The van der Waals surface area contributed by atoms with Crippen LogP contribution in [0.5, 0.6) is 0 Å². The van der Waals surface area contributed by atoms with Gasteiger partial charge in [0.15, 0.2) is 4.90 Å². The molecule has 1 aromatic carbocycles. The van der Waals surface area contributed by atoms with Crippen molar-refractivity contribution in [2.75, 3.05) is 19.3 Å². The molecule has 0 aliphatic rings. The molecule has 0 aromatic heterocycles. The SMILES string of the molecule is CCC(C)CN(C)S(=O)(=O)c1ccc(N)cc1[N+](=O)[O-]. The van der Waals surface area contributed by atoms with Crippen molar-refractivity contribution in [3.05, 3.63) is 28.3 Å². The average molecular weight is 301 g/mol. The first kappa shape index (κ1) is 16.4. The van der Waals surface area contributed by atoms with Gasteiger partial charge < -0.3 is 5.73 Å². The molecule has 0 bridgehead atoms. The molecule has 1 atom stereocenters. The summed E-state index contributed by atoms with van der Waals surface area (Å²) in [6.07, 6.45) is 0.823. The second-order valence-corrected chi connectivity index (χ2v) is 6.80. The molecule has 0 spiro atoms. The van der Waals surface area contributed by atoms with Gasteiger partial charge in [0, 0.05) is 25.3 Å². The predicted octanol–water partition coefficient (Wildman–Crippen LogP) is 1.84. The number of nitrogens with zero attached hydrogens (tertiary/aromatic N) is 2. The Morgan fingerprint density at radius 3 is 2.55 bits per heavy atom. The van der Waals surface area contributed by atoms with E-state index in [9.17, 15) is 18.5 Å². The number of anilines is 1. The number of nitro groups is 1. The molecular formula is C12H19N3O4S. The molecule has 0 fully saturated rings. The summed E-state index contributed by atoms with van der Waals surface area (Å²) in [4.78, 5) is 9.92.